The van der Waals surface area contributed by atoms with Crippen LogP contribution in [-0.4, -0.2) is 41.9 Å². The molecule has 1 amide bonds. The number of halogens is 3. The first-order chi connectivity index (χ1) is 12.7. The van der Waals surface area contributed by atoms with E-state index in [9.17, 15) is 26.4 Å². The molecular formula is C15H13F3N4O4S. The molecule has 0 aromatic carbocycles. The first-order valence-corrected chi connectivity index (χ1v) is 8.80. The average Bonchev–Trinajstić information content (AvgIpc) is 3.01. The van der Waals surface area contributed by atoms with E-state index >= 15 is 0 Å². The van der Waals surface area contributed by atoms with Crippen molar-refractivity contribution < 1.29 is 31.1 Å². The van der Waals surface area contributed by atoms with Gasteiger partial charge in [-0.05, 0) is 25.0 Å². The summed E-state index contributed by atoms with van der Waals surface area (Å²) in [6.45, 7) is -0.498. The largest absolute Gasteiger partial charge is 0.476 e. The van der Waals surface area contributed by atoms with Crippen LogP contribution in [0.2, 0.25) is 0 Å². The number of amides is 1. The molecule has 0 unspecified atom stereocenters. The lowest BCUT2D eigenvalue weighted by Crippen LogP contribution is -2.48. The van der Waals surface area contributed by atoms with Crippen molar-refractivity contribution in [2.24, 2.45) is 9.78 Å². The fourth-order valence-corrected chi connectivity index (χ4v) is 2.85. The van der Waals surface area contributed by atoms with E-state index in [-0.39, 0.29) is 30.1 Å². The highest BCUT2D eigenvalue weighted by Gasteiger charge is 2.58. The van der Waals surface area contributed by atoms with Crippen LogP contribution in [0.3, 0.4) is 0 Å². The van der Waals surface area contributed by atoms with Gasteiger partial charge in [0.25, 0.3) is 5.91 Å². The lowest BCUT2D eigenvalue weighted by atomic mass is 9.69. The van der Waals surface area contributed by atoms with Gasteiger partial charge in [-0.2, -0.15) is 21.6 Å². The Bertz CT molecular complexity index is 971. The second-order valence-corrected chi connectivity index (χ2v) is 6.65. The minimum Gasteiger partial charge on any atom is -0.476 e. The minimum atomic E-state index is -4.32. The first kappa shape index (κ1) is 19.0. The van der Waals surface area contributed by atoms with Gasteiger partial charge in [-0.3, -0.25) is 4.79 Å². The van der Waals surface area contributed by atoms with Crippen molar-refractivity contribution in [2.45, 2.75) is 25.4 Å². The van der Waals surface area contributed by atoms with Crippen LogP contribution in [0.1, 0.15) is 29.6 Å². The van der Waals surface area contributed by atoms with Gasteiger partial charge in [0.05, 0.1) is 5.56 Å². The van der Waals surface area contributed by atoms with Gasteiger partial charge in [-0.25, -0.2) is 9.67 Å². The Morgan fingerprint density at radius 3 is 2.56 bits per heavy atom. The van der Waals surface area contributed by atoms with Crippen LogP contribution >= 0.6 is 0 Å². The summed E-state index contributed by atoms with van der Waals surface area (Å²) in [5, 5.41) is 4.00. The Balaban J connectivity index is 1.69. The van der Waals surface area contributed by atoms with E-state index in [4.69, 9.17) is 4.74 Å². The summed E-state index contributed by atoms with van der Waals surface area (Å²) < 4.78 is 69.5. The maximum Gasteiger partial charge on any atom is 0.397 e. The minimum absolute atomic E-state index is 0.0178. The van der Waals surface area contributed by atoms with Gasteiger partial charge in [0.15, 0.2) is 5.82 Å². The molecule has 2 aromatic rings. The number of alkyl halides is 3. The standard InChI is InChI=1S/C15H13F3N4O4S/c16-15(17,18)14(5-1-6-14)9-26-12-4-7-22(20-12)11-3-2-10(8-19-11)13(23)21-27(24)25/h2-4,7-8H,1,5-6,9H2. The molecule has 8 nitrogen and oxygen atoms in total. The molecule has 1 aliphatic rings. The van der Waals surface area contributed by atoms with E-state index in [0.717, 1.165) is 6.20 Å². The predicted octanol–water partition coefficient (Wildman–Crippen LogP) is 2.58. The molecule has 1 aliphatic carbocycles. The van der Waals surface area contributed by atoms with Crippen LogP contribution in [0.5, 0.6) is 5.88 Å². The number of hydrogen-bond acceptors (Lipinski definition) is 6. The van der Waals surface area contributed by atoms with Crippen LogP contribution < -0.4 is 4.74 Å². The summed E-state index contributed by atoms with van der Waals surface area (Å²) in [6.07, 6.45) is -1.18. The lowest BCUT2D eigenvalue weighted by molar-refractivity contribution is -0.259. The van der Waals surface area contributed by atoms with Gasteiger partial charge >= 0.3 is 16.7 Å². The molecule has 144 valence electrons. The van der Waals surface area contributed by atoms with Gasteiger partial charge in [-0.1, -0.05) is 10.8 Å². The highest BCUT2D eigenvalue weighted by atomic mass is 32.2. The highest BCUT2D eigenvalue weighted by molar-refractivity contribution is 7.62. The number of nitrogens with zero attached hydrogens (tertiary/aromatic N) is 4. The maximum absolute atomic E-state index is 13.1. The summed E-state index contributed by atoms with van der Waals surface area (Å²) in [5.41, 5.74) is -1.86. The first-order valence-electron chi connectivity index (χ1n) is 7.77. The van der Waals surface area contributed by atoms with Gasteiger partial charge in [0.2, 0.25) is 5.88 Å². The molecule has 0 atom stereocenters. The third kappa shape index (κ3) is 3.99. The predicted molar refractivity (Wildman–Crippen MR) is 84.9 cm³/mol. The normalized spacial score (nSPS) is 15.7. The van der Waals surface area contributed by atoms with Crippen molar-refractivity contribution in [1.82, 2.24) is 14.8 Å². The number of carbonyl (C=O) groups excluding carboxylic acids is 1. The molecule has 3 rings (SSSR count). The number of aromatic nitrogens is 3. The monoisotopic (exact) mass is 402 g/mol. The molecule has 0 bridgehead atoms. The van der Waals surface area contributed by atoms with E-state index in [0.29, 0.717) is 6.42 Å². The number of rotatable bonds is 5. The average molecular weight is 402 g/mol. The second-order valence-electron chi connectivity index (χ2n) is 6.04. The Kier molecular flexibility index (Phi) is 5.00. The summed E-state index contributed by atoms with van der Waals surface area (Å²) in [7, 11) is -2.86. The van der Waals surface area contributed by atoms with Gasteiger partial charge < -0.3 is 4.74 Å². The molecule has 0 N–H and O–H groups in total. The summed E-state index contributed by atoms with van der Waals surface area (Å²) in [5.74, 6) is -0.687. The summed E-state index contributed by atoms with van der Waals surface area (Å²) in [4.78, 5) is 15.4. The highest BCUT2D eigenvalue weighted by Crippen LogP contribution is 2.53. The molecule has 2 aromatic heterocycles. The molecule has 27 heavy (non-hydrogen) atoms. The maximum atomic E-state index is 13.1. The Labute approximate surface area is 152 Å². The van der Waals surface area contributed by atoms with E-state index in [2.05, 4.69) is 14.4 Å². The fourth-order valence-electron chi connectivity index (χ4n) is 2.61. The van der Waals surface area contributed by atoms with E-state index in [1.807, 2.05) is 0 Å². The molecule has 1 fully saturated rings. The van der Waals surface area contributed by atoms with Crippen molar-refractivity contribution >= 4 is 16.4 Å². The zero-order chi connectivity index (χ0) is 19.7. The van der Waals surface area contributed by atoms with Crippen LogP contribution in [-0.2, 0) is 10.5 Å². The summed E-state index contributed by atoms with van der Waals surface area (Å²) in [6, 6.07) is 4.09. The summed E-state index contributed by atoms with van der Waals surface area (Å²) >= 11 is 0. The van der Waals surface area contributed by atoms with Crippen molar-refractivity contribution in [1.29, 1.82) is 0 Å². The topological polar surface area (TPSA) is 104 Å². The third-order valence-corrected chi connectivity index (χ3v) is 4.67. The Morgan fingerprint density at radius 1 is 1.30 bits per heavy atom. The number of ether oxygens (including phenoxy) is 1. The molecule has 2 heterocycles. The number of hydrogen-bond donors (Lipinski definition) is 0. The molecule has 0 radical (unpaired) electrons. The molecule has 12 heteroatoms. The third-order valence-electron chi connectivity index (χ3n) is 4.36. The lowest BCUT2D eigenvalue weighted by Gasteiger charge is -2.42. The van der Waals surface area contributed by atoms with Crippen LogP contribution in [0.15, 0.2) is 35.0 Å². The van der Waals surface area contributed by atoms with E-state index < -0.39 is 34.6 Å². The number of carbonyl (C=O) groups is 1. The van der Waals surface area contributed by atoms with E-state index in [1.54, 1.807) is 0 Å². The zero-order valence-electron chi connectivity index (χ0n) is 13.7. The quantitative estimate of drug-likeness (QED) is 0.762. The zero-order valence-corrected chi connectivity index (χ0v) is 14.5. The molecule has 0 spiro atoms. The molecule has 0 saturated heterocycles. The number of pyridine rings is 1. The van der Waals surface area contributed by atoms with Gasteiger partial charge in [-0.15, -0.1) is 5.10 Å². The second kappa shape index (κ2) is 7.10. The van der Waals surface area contributed by atoms with E-state index in [1.165, 1.54) is 29.1 Å². The molecule has 1 saturated carbocycles. The molecule has 0 aliphatic heterocycles. The van der Waals surface area contributed by atoms with Crippen molar-refractivity contribution in [3.63, 3.8) is 0 Å². The van der Waals surface area contributed by atoms with Crippen LogP contribution in [0.4, 0.5) is 13.2 Å². The van der Waals surface area contributed by atoms with Crippen molar-refractivity contribution in [3.8, 4) is 11.7 Å². The van der Waals surface area contributed by atoms with Crippen molar-refractivity contribution in [3.05, 3.63) is 36.2 Å². The van der Waals surface area contributed by atoms with Crippen LogP contribution in [0, 0.1) is 5.41 Å². The van der Waals surface area contributed by atoms with Crippen LogP contribution in [0.25, 0.3) is 5.82 Å². The Morgan fingerprint density at radius 2 is 2.04 bits per heavy atom. The SMILES string of the molecule is O=C(N=S(=O)=O)c1ccc(-n2ccc(OCC3(C(F)(F)F)CCC3)n2)nc1. The smallest absolute Gasteiger partial charge is 0.397 e. The van der Waals surface area contributed by atoms with Gasteiger partial charge in [0, 0.05) is 18.5 Å². The van der Waals surface area contributed by atoms with Crippen molar-refractivity contribution in [2.75, 3.05) is 6.61 Å². The Hall–Kier alpha value is -2.76. The van der Waals surface area contributed by atoms with Gasteiger partial charge in [0.1, 0.15) is 12.0 Å². The fraction of sp³-hybridized carbons (Fsp3) is 0.400. The molecular weight excluding hydrogens is 389 g/mol.